The van der Waals surface area contributed by atoms with Gasteiger partial charge in [-0.15, -0.1) is 11.3 Å². The lowest BCUT2D eigenvalue weighted by molar-refractivity contribution is 0.0932. The quantitative estimate of drug-likeness (QED) is 0.683. The van der Waals surface area contributed by atoms with Gasteiger partial charge in [0.2, 0.25) is 0 Å². The van der Waals surface area contributed by atoms with Gasteiger partial charge < -0.3 is 15.6 Å². The zero-order valence-corrected chi connectivity index (χ0v) is 14.2. The van der Waals surface area contributed by atoms with Crippen LogP contribution < -0.4 is 10.6 Å². The molecular formula is C17H19N5OS. The van der Waals surface area contributed by atoms with Crippen molar-refractivity contribution in [2.24, 2.45) is 0 Å². The van der Waals surface area contributed by atoms with Crippen molar-refractivity contribution < 1.29 is 4.79 Å². The summed E-state index contributed by atoms with van der Waals surface area (Å²) < 4.78 is 0. The number of nitrogens with zero attached hydrogens (tertiary/aromatic N) is 2. The number of hydrogen-bond donors (Lipinski definition) is 3. The SMILES string of the molecule is Cc1ccc(-c2nc3nccc(C(=O)N[C@H]4CCCNC4)c3[nH]2)s1. The predicted molar refractivity (Wildman–Crippen MR) is 95.3 cm³/mol. The van der Waals surface area contributed by atoms with E-state index in [1.807, 2.05) is 6.07 Å². The molecule has 3 aromatic heterocycles. The molecule has 0 radical (unpaired) electrons. The molecule has 24 heavy (non-hydrogen) atoms. The second kappa shape index (κ2) is 6.33. The van der Waals surface area contributed by atoms with Gasteiger partial charge in [-0.1, -0.05) is 0 Å². The number of H-pyrrole nitrogens is 1. The summed E-state index contributed by atoms with van der Waals surface area (Å²) in [7, 11) is 0. The van der Waals surface area contributed by atoms with E-state index in [4.69, 9.17) is 0 Å². The molecule has 1 aliphatic rings. The van der Waals surface area contributed by atoms with Crippen LogP contribution in [0, 0.1) is 6.92 Å². The molecule has 1 amide bonds. The fourth-order valence-corrected chi connectivity index (χ4v) is 3.83. The van der Waals surface area contributed by atoms with Crippen LogP contribution in [0.25, 0.3) is 21.9 Å². The number of piperidine rings is 1. The maximum absolute atomic E-state index is 12.7. The topological polar surface area (TPSA) is 82.7 Å². The summed E-state index contributed by atoms with van der Waals surface area (Å²) in [4.78, 5) is 27.0. The summed E-state index contributed by atoms with van der Waals surface area (Å²) in [6.07, 6.45) is 3.74. The van der Waals surface area contributed by atoms with Crippen molar-refractivity contribution >= 4 is 28.4 Å². The molecule has 0 aliphatic carbocycles. The molecule has 0 bridgehead atoms. The molecule has 0 aromatic carbocycles. The van der Waals surface area contributed by atoms with E-state index < -0.39 is 0 Å². The number of hydrogen-bond acceptors (Lipinski definition) is 5. The van der Waals surface area contributed by atoms with E-state index in [2.05, 4.69) is 38.6 Å². The highest BCUT2D eigenvalue weighted by atomic mass is 32.1. The fourth-order valence-electron chi connectivity index (χ4n) is 3.02. The molecule has 1 fully saturated rings. The third kappa shape index (κ3) is 2.92. The van der Waals surface area contributed by atoms with Crippen molar-refractivity contribution in [3.63, 3.8) is 0 Å². The molecule has 1 aliphatic heterocycles. The van der Waals surface area contributed by atoms with E-state index >= 15 is 0 Å². The van der Waals surface area contributed by atoms with Gasteiger partial charge in [-0.25, -0.2) is 9.97 Å². The lowest BCUT2D eigenvalue weighted by Crippen LogP contribution is -2.45. The minimum Gasteiger partial charge on any atom is -0.348 e. The maximum Gasteiger partial charge on any atom is 0.253 e. The van der Waals surface area contributed by atoms with Crippen molar-refractivity contribution in [1.82, 2.24) is 25.6 Å². The Hall–Kier alpha value is -2.25. The Labute approximate surface area is 143 Å². The number of carbonyl (C=O) groups excluding carboxylic acids is 1. The molecule has 124 valence electrons. The molecule has 4 heterocycles. The molecule has 7 heteroatoms. The first-order chi connectivity index (χ1) is 11.7. The smallest absolute Gasteiger partial charge is 0.253 e. The normalized spacial score (nSPS) is 18.0. The Bertz CT molecular complexity index is 878. The van der Waals surface area contributed by atoms with Crippen molar-refractivity contribution in [3.05, 3.63) is 34.8 Å². The van der Waals surface area contributed by atoms with E-state index in [-0.39, 0.29) is 11.9 Å². The second-order valence-electron chi connectivity index (χ2n) is 6.07. The number of pyridine rings is 1. The van der Waals surface area contributed by atoms with Crippen LogP contribution in [0.2, 0.25) is 0 Å². The lowest BCUT2D eigenvalue weighted by Gasteiger charge is -2.23. The van der Waals surface area contributed by atoms with Gasteiger partial charge >= 0.3 is 0 Å². The van der Waals surface area contributed by atoms with Crippen LogP contribution in [0.3, 0.4) is 0 Å². The highest BCUT2D eigenvalue weighted by Crippen LogP contribution is 2.27. The predicted octanol–water partition coefficient (Wildman–Crippen LogP) is 2.48. The van der Waals surface area contributed by atoms with E-state index in [9.17, 15) is 4.79 Å². The van der Waals surface area contributed by atoms with E-state index in [0.717, 1.165) is 36.6 Å². The van der Waals surface area contributed by atoms with Crippen molar-refractivity contribution in [1.29, 1.82) is 0 Å². The van der Waals surface area contributed by atoms with Gasteiger partial charge in [-0.3, -0.25) is 4.79 Å². The third-order valence-corrected chi connectivity index (χ3v) is 5.25. The van der Waals surface area contributed by atoms with Gasteiger partial charge in [0.05, 0.1) is 16.0 Å². The van der Waals surface area contributed by atoms with Crippen LogP contribution in [0.5, 0.6) is 0 Å². The summed E-state index contributed by atoms with van der Waals surface area (Å²) in [6, 6.07) is 6.02. The number of nitrogens with one attached hydrogen (secondary N) is 3. The molecule has 1 saturated heterocycles. The highest BCUT2D eigenvalue weighted by Gasteiger charge is 2.20. The average molecular weight is 341 g/mol. The highest BCUT2D eigenvalue weighted by molar-refractivity contribution is 7.15. The van der Waals surface area contributed by atoms with Crippen LogP contribution >= 0.6 is 11.3 Å². The van der Waals surface area contributed by atoms with Crippen LogP contribution in [-0.2, 0) is 0 Å². The van der Waals surface area contributed by atoms with Gasteiger partial charge in [0, 0.05) is 23.7 Å². The summed E-state index contributed by atoms with van der Waals surface area (Å²) >= 11 is 1.67. The van der Waals surface area contributed by atoms with Crippen LogP contribution in [0.1, 0.15) is 28.1 Å². The second-order valence-corrected chi connectivity index (χ2v) is 7.36. The monoisotopic (exact) mass is 341 g/mol. The Kier molecular flexibility index (Phi) is 4.03. The van der Waals surface area contributed by atoms with E-state index in [0.29, 0.717) is 16.7 Å². The Balaban J connectivity index is 1.65. The Morgan fingerprint density at radius 1 is 1.38 bits per heavy atom. The van der Waals surface area contributed by atoms with Gasteiger partial charge in [0.25, 0.3) is 5.91 Å². The summed E-state index contributed by atoms with van der Waals surface area (Å²) in [5.74, 6) is 0.684. The molecule has 0 saturated carbocycles. The van der Waals surface area contributed by atoms with E-state index in [1.165, 1.54) is 4.88 Å². The number of amides is 1. The van der Waals surface area contributed by atoms with Crippen molar-refractivity contribution in [3.8, 4) is 10.7 Å². The van der Waals surface area contributed by atoms with Crippen LogP contribution in [0.15, 0.2) is 24.4 Å². The first-order valence-corrected chi connectivity index (χ1v) is 8.95. The van der Waals surface area contributed by atoms with Crippen molar-refractivity contribution in [2.45, 2.75) is 25.8 Å². The number of aryl methyl sites for hydroxylation is 1. The molecule has 0 unspecified atom stereocenters. The summed E-state index contributed by atoms with van der Waals surface area (Å²) in [5, 5.41) is 6.42. The van der Waals surface area contributed by atoms with Gasteiger partial charge in [-0.2, -0.15) is 0 Å². The number of aromatic nitrogens is 3. The zero-order chi connectivity index (χ0) is 16.5. The van der Waals surface area contributed by atoms with Gasteiger partial charge in [-0.05, 0) is 44.5 Å². The number of carbonyl (C=O) groups is 1. The third-order valence-electron chi connectivity index (χ3n) is 4.24. The first kappa shape index (κ1) is 15.3. The van der Waals surface area contributed by atoms with Gasteiger partial charge in [0.15, 0.2) is 11.5 Å². The fraction of sp³-hybridized carbons (Fsp3) is 0.353. The Morgan fingerprint density at radius 2 is 2.29 bits per heavy atom. The molecule has 0 spiro atoms. The first-order valence-electron chi connectivity index (χ1n) is 8.14. The maximum atomic E-state index is 12.7. The Morgan fingerprint density at radius 3 is 3.04 bits per heavy atom. The molecule has 3 N–H and O–H groups in total. The standard InChI is InChI=1S/C17H19N5OS/c1-10-4-5-13(24-10)15-21-14-12(6-8-19-16(14)22-15)17(23)20-11-3-2-7-18-9-11/h4-6,8,11,18H,2-3,7,9H2,1H3,(H,20,23)(H,19,21,22)/t11-/m0/s1. The number of imidazole rings is 1. The van der Waals surface area contributed by atoms with Gasteiger partial charge in [0.1, 0.15) is 0 Å². The van der Waals surface area contributed by atoms with Crippen LogP contribution in [-0.4, -0.2) is 40.0 Å². The molecule has 1 atom stereocenters. The minimum atomic E-state index is -0.0753. The molecule has 4 rings (SSSR count). The number of rotatable bonds is 3. The van der Waals surface area contributed by atoms with Crippen LogP contribution in [0.4, 0.5) is 0 Å². The number of fused-ring (bicyclic) bond motifs is 1. The molecule has 3 aromatic rings. The average Bonchev–Trinajstić information content (AvgIpc) is 3.21. The zero-order valence-electron chi connectivity index (χ0n) is 13.4. The minimum absolute atomic E-state index is 0.0753. The lowest BCUT2D eigenvalue weighted by atomic mass is 10.1. The number of aromatic amines is 1. The largest absolute Gasteiger partial charge is 0.348 e. The number of thiophene rings is 1. The molecule has 6 nitrogen and oxygen atoms in total. The van der Waals surface area contributed by atoms with E-state index in [1.54, 1.807) is 23.6 Å². The summed E-state index contributed by atoms with van der Waals surface area (Å²) in [5.41, 5.74) is 1.86. The molecular weight excluding hydrogens is 322 g/mol. The van der Waals surface area contributed by atoms with Crippen molar-refractivity contribution in [2.75, 3.05) is 13.1 Å². The summed E-state index contributed by atoms with van der Waals surface area (Å²) in [6.45, 7) is 3.91.